The first-order chi connectivity index (χ1) is 14.1. The summed E-state index contributed by atoms with van der Waals surface area (Å²) in [5.41, 5.74) is 3.31. The van der Waals surface area contributed by atoms with Crippen molar-refractivity contribution in [1.29, 1.82) is 10.5 Å². The zero-order valence-corrected chi connectivity index (χ0v) is 17.6. The molecule has 0 aromatic heterocycles. The van der Waals surface area contributed by atoms with E-state index < -0.39 is 10.8 Å². The SMILES string of the molecule is CCS(C)=O.N#Cc1ccc(CCNCC2CNc3cccc(C#N)c3O2)cc1. The predicted octanol–water partition coefficient (Wildman–Crippen LogP) is 2.82. The molecule has 0 saturated carbocycles. The maximum absolute atomic E-state index is 9.92. The van der Waals surface area contributed by atoms with Crippen LogP contribution in [0.15, 0.2) is 42.5 Å². The van der Waals surface area contributed by atoms with Gasteiger partial charge in [0.05, 0.1) is 29.4 Å². The number of nitriles is 2. The molecule has 1 aliphatic heterocycles. The Morgan fingerprint density at radius 3 is 2.55 bits per heavy atom. The number of hydrogen-bond acceptors (Lipinski definition) is 6. The molecule has 0 spiro atoms. The first-order valence-electron chi connectivity index (χ1n) is 9.50. The number of fused-ring (bicyclic) bond motifs is 1. The molecule has 2 N–H and O–H groups in total. The number of ether oxygens (including phenoxy) is 1. The van der Waals surface area contributed by atoms with Crippen molar-refractivity contribution in [3.05, 3.63) is 59.2 Å². The summed E-state index contributed by atoms with van der Waals surface area (Å²) in [5.74, 6) is 1.42. The molecule has 7 heteroatoms. The molecule has 6 nitrogen and oxygen atoms in total. The highest BCUT2D eigenvalue weighted by atomic mass is 32.2. The van der Waals surface area contributed by atoms with E-state index in [0.29, 0.717) is 30.0 Å². The van der Waals surface area contributed by atoms with Crippen molar-refractivity contribution in [1.82, 2.24) is 5.32 Å². The molecule has 2 unspecified atom stereocenters. The van der Waals surface area contributed by atoms with Crippen LogP contribution in [0.1, 0.15) is 23.6 Å². The summed E-state index contributed by atoms with van der Waals surface area (Å²) in [6.45, 7) is 4.16. The number of para-hydroxylation sites is 1. The number of nitrogens with one attached hydrogen (secondary N) is 2. The second-order valence-electron chi connectivity index (χ2n) is 6.54. The minimum Gasteiger partial charge on any atom is -0.484 e. The average molecular weight is 411 g/mol. The minimum atomic E-state index is -0.573. The van der Waals surface area contributed by atoms with Crippen molar-refractivity contribution in [2.75, 3.05) is 37.0 Å². The largest absolute Gasteiger partial charge is 0.484 e. The van der Waals surface area contributed by atoms with Crippen molar-refractivity contribution >= 4 is 16.5 Å². The van der Waals surface area contributed by atoms with Gasteiger partial charge in [0.25, 0.3) is 0 Å². The third-order valence-electron chi connectivity index (χ3n) is 4.39. The van der Waals surface area contributed by atoms with E-state index >= 15 is 0 Å². The summed E-state index contributed by atoms with van der Waals surface area (Å²) in [6, 6.07) is 17.5. The Labute approximate surface area is 175 Å². The third kappa shape index (κ3) is 7.23. The van der Waals surface area contributed by atoms with Crippen LogP contribution in [-0.4, -0.2) is 42.0 Å². The molecule has 3 rings (SSSR count). The fourth-order valence-corrected chi connectivity index (χ4v) is 2.68. The molecule has 2 aromatic carbocycles. The van der Waals surface area contributed by atoms with Gasteiger partial charge in [0.15, 0.2) is 5.75 Å². The first-order valence-corrected chi connectivity index (χ1v) is 11.2. The second kappa shape index (κ2) is 11.9. The Kier molecular flexibility index (Phi) is 9.17. The van der Waals surface area contributed by atoms with Gasteiger partial charge in [0.1, 0.15) is 12.2 Å². The van der Waals surface area contributed by atoms with Gasteiger partial charge in [-0.3, -0.25) is 4.21 Å². The summed E-state index contributed by atoms with van der Waals surface area (Å²) >= 11 is 0. The van der Waals surface area contributed by atoms with Crippen LogP contribution in [0.2, 0.25) is 0 Å². The molecule has 2 atom stereocenters. The lowest BCUT2D eigenvalue weighted by Gasteiger charge is -2.28. The Morgan fingerprint density at radius 2 is 1.93 bits per heavy atom. The molecule has 0 saturated heterocycles. The molecule has 0 aliphatic carbocycles. The molecular weight excluding hydrogens is 384 g/mol. The first kappa shape index (κ1) is 22.4. The van der Waals surface area contributed by atoms with Crippen LogP contribution in [0.25, 0.3) is 0 Å². The van der Waals surface area contributed by atoms with Crippen molar-refractivity contribution < 1.29 is 8.95 Å². The van der Waals surface area contributed by atoms with E-state index in [0.717, 1.165) is 24.4 Å². The summed E-state index contributed by atoms with van der Waals surface area (Å²) in [6.07, 6.45) is 2.58. The number of hydrogen-bond donors (Lipinski definition) is 2. The highest BCUT2D eigenvalue weighted by Crippen LogP contribution is 2.32. The lowest BCUT2D eigenvalue weighted by molar-refractivity contribution is 0.202. The predicted molar refractivity (Wildman–Crippen MR) is 116 cm³/mol. The fraction of sp³-hybridized carbons (Fsp3) is 0.364. The Hall–Kier alpha value is -2.87. The molecule has 2 aromatic rings. The molecule has 29 heavy (non-hydrogen) atoms. The van der Waals surface area contributed by atoms with Gasteiger partial charge in [-0.15, -0.1) is 0 Å². The maximum Gasteiger partial charge on any atom is 0.160 e. The van der Waals surface area contributed by atoms with E-state index in [2.05, 4.69) is 22.8 Å². The monoisotopic (exact) mass is 410 g/mol. The standard InChI is InChI=1S/C19H18N4O.C3H8OS/c20-10-15-6-4-14(5-7-15)8-9-22-12-17-13-23-18-3-1-2-16(11-21)19(18)24-17;1-3-5(2)4/h1-7,17,22-23H,8-9,12-13H2;3H2,1-2H3. The Bertz CT molecular complexity index is 901. The van der Waals surface area contributed by atoms with Gasteiger partial charge in [-0.25, -0.2) is 0 Å². The van der Waals surface area contributed by atoms with Crippen molar-refractivity contribution in [3.8, 4) is 17.9 Å². The third-order valence-corrected chi connectivity index (χ3v) is 5.21. The molecule has 1 heterocycles. The van der Waals surface area contributed by atoms with E-state index in [4.69, 9.17) is 15.3 Å². The topological polar surface area (TPSA) is 97.9 Å². The van der Waals surface area contributed by atoms with E-state index in [9.17, 15) is 4.21 Å². The van der Waals surface area contributed by atoms with Gasteiger partial charge in [0.2, 0.25) is 0 Å². The lowest BCUT2D eigenvalue weighted by atomic mass is 10.1. The van der Waals surface area contributed by atoms with Gasteiger partial charge in [-0.1, -0.05) is 25.1 Å². The molecule has 0 amide bonds. The summed E-state index contributed by atoms with van der Waals surface area (Å²) in [5, 5.41) is 24.7. The number of benzene rings is 2. The molecule has 1 aliphatic rings. The number of nitrogens with zero attached hydrogens (tertiary/aromatic N) is 2. The van der Waals surface area contributed by atoms with Crippen LogP contribution in [0.5, 0.6) is 5.75 Å². The Morgan fingerprint density at radius 1 is 1.21 bits per heavy atom. The number of rotatable bonds is 6. The summed E-state index contributed by atoms with van der Waals surface area (Å²) in [7, 11) is -0.573. The molecule has 152 valence electrons. The maximum atomic E-state index is 9.92. The van der Waals surface area contributed by atoms with Gasteiger partial charge < -0.3 is 15.4 Å². The van der Waals surface area contributed by atoms with Crippen LogP contribution < -0.4 is 15.4 Å². The zero-order chi connectivity index (χ0) is 21.1. The van der Waals surface area contributed by atoms with Crippen LogP contribution >= 0.6 is 0 Å². The molecule has 0 radical (unpaired) electrons. The normalized spacial score (nSPS) is 15.2. The fourth-order valence-electron chi connectivity index (χ4n) is 2.68. The molecular formula is C22H26N4O2S. The zero-order valence-electron chi connectivity index (χ0n) is 16.8. The van der Waals surface area contributed by atoms with Gasteiger partial charge in [0, 0.05) is 29.4 Å². The van der Waals surface area contributed by atoms with Crippen molar-refractivity contribution in [3.63, 3.8) is 0 Å². The highest BCUT2D eigenvalue weighted by molar-refractivity contribution is 7.84. The van der Waals surface area contributed by atoms with Crippen molar-refractivity contribution in [2.45, 2.75) is 19.4 Å². The van der Waals surface area contributed by atoms with Crippen LogP contribution in [0, 0.1) is 22.7 Å². The second-order valence-corrected chi connectivity index (χ2v) is 8.26. The Balaban J connectivity index is 0.000000537. The van der Waals surface area contributed by atoms with Gasteiger partial charge >= 0.3 is 0 Å². The smallest absolute Gasteiger partial charge is 0.160 e. The van der Waals surface area contributed by atoms with Gasteiger partial charge in [-0.2, -0.15) is 10.5 Å². The van der Waals surface area contributed by atoms with Crippen molar-refractivity contribution in [2.24, 2.45) is 0 Å². The van der Waals surface area contributed by atoms with Gasteiger partial charge in [-0.05, 0) is 42.8 Å². The van der Waals surface area contributed by atoms with E-state index in [1.807, 2.05) is 43.3 Å². The highest BCUT2D eigenvalue weighted by Gasteiger charge is 2.21. The minimum absolute atomic E-state index is 0.00651. The lowest BCUT2D eigenvalue weighted by Crippen LogP contribution is -2.40. The summed E-state index contributed by atoms with van der Waals surface area (Å²) < 4.78 is 15.9. The molecule has 0 fully saturated rings. The van der Waals surface area contributed by atoms with E-state index in [-0.39, 0.29) is 6.10 Å². The average Bonchev–Trinajstić information content (AvgIpc) is 2.77. The van der Waals surface area contributed by atoms with Crippen LogP contribution in [0.3, 0.4) is 0 Å². The quantitative estimate of drug-likeness (QED) is 0.711. The van der Waals surface area contributed by atoms with E-state index in [1.54, 1.807) is 12.3 Å². The molecule has 0 bridgehead atoms. The summed E-state index contributed by atoms with van der Waals surface area (Å²) in [4.78, 5) is 0. The van der Waals surface area contributed by atoms with Crippen LogP contribution in [0.4, 0.5) is 5.69 Å². The van der Waals surface area contributed by atoms with Crippen LogP contribution in [-0.2, 0) is 17.2 Å². The number of anilines is 1. The van der Waals surface area contributed by atoms with E-state index in [1.165, 1.54) is 5.56 Å².